The maximum absolute atomic E-state index is 13.1. The molecule has 2 amide bonds. The van der Waals surface area contributed by atoms with Gasteiger partial charge in [-0.15, -0.1) is 0 Å². The first kappa shape index (κ1) is 23.6. The summed E-state index contributed by atoms with van der Waals surface area (Å²) in [5.41, 5.74) is 1.12. The molecule has 2 aromatic rings. The van der Waals surface area contributed by atoms with E-state index in [9.17, 15) is 9.59 Å². The number of nitrogens with one attached hydrogen (secondary N) is 1. The van der Waals surface area contributed by atoms with Gasteiger partial charge >= 0.3 is 0 Å². The number of hydrogen-bond donors (Lipinski definition) is 1. The molecule has 0 aliphatic heterocycles. The summed E-state index contributed by atoms with van der Waals surface area (Å²) in [6.45, 7) is 2.06. The lowest BCUT2D eigenvalue weighted by molar-refractivity contribution is -0.141. The van der Waals surface area contributed by atoms with Crippen molar-refractivity contribution in [3.8, 4) is 5.75 Å². The zero-order valence-electron chi connectivity index (χ0n) is 17.7. The molecule has 0 heterocycles. The molecule has 0 unspecified atom stereocenters. The number of carbonyl (C=O) groups is 2. The van der Waals surface area contributed by atoms with Crippen LogP contribution < -0.4 is 10.1 Å². The lowest BCUT2D eigenvalue weighted by Gasteiger charge is -2.29. The van der Waals surface area contributed by atoms with E-state index in [2.05, 4.69) is 21.2 Å². The SMILES string of the molecule is C[C@H](C(=O)NC1CCCC1)N(CCc1ccccc1)C(=O)COc1ccc(Cl)cc1Br. The van der Waals surface area contributed by atoms with Crippen molar-refractivity contribution in [1.29, 1.82) is 0 Å². The van der Waals surface area contributed by atoms with Gasteiger partial charge in [-0.05, 0) is 65.9 Å². The smallest absolute Gasteiger partial charge is 0.261 e. The average Bonchev–Trinajstić information content (AvgIpc) is 3.27. The summed E-state index contributed by atoms with van der Waals surface area (Å²) in [6.07, 6.45) is 4.95. The number of rotatable bonds is 9. The molecule has 0 aromatic heterocycles. The number of hydrogen-bond acceptors (Lipinski definition) is 3. The minimum atomic E-state index is -0.575. The van der Waals surface area contributed by atoms with Crippen LogP contribution in [0.3, 0.4) is 0 Å². The fourth-order valence-electron chi connectivity index (χ4n) is 3.78. The van der Waals surface area contributed by atoms with Gasteiger partial charge in [0.25, 0.3) is 5.91 Å². The third-order valence-corrected chi connectivity index (χ3v) is 6.45. The Morgan fingerprint density at radius 1 is 1.19 bits per heavy atom. The lowest BCUT2D eigenvalue weighted by Crippen LogP contribution is -2.51. The van der Waals surface area contributed by atoms with Crippen LogP contribution in [0.4, 0.5) is 0 Å². The number of carbonyl (C=O) groups excluding carboxylic acids is 2. The Labute approximate surface area is 197 Å². The van der Waals surface area contributed by atoms with Crippen LogP contribution in [-0.2, 0) is 16.0 Å². The summed E-state index contributed by atoms with van der Waals surface area (Å²) in [7, 11) is 0. The normalized spacial score (nSPS) is 14.8. The predicted molar refractivity (Wildman–Crippen MR) is 126 cm³/mol. The van der Waals surface area contributed by atoms with Crippen molar-refractivity contribution in [1.82, 2.24) is 10.2 Å². The quantitative estimate of drug-likeness (QED) is 0.520. The van der Waals surface area contributed by atoms with Crippen molar-refractivity contribution in [2.45, 2.75) is 51.1 Å². The van der Waals surface area contributed by atoms with E-state index in [1.165, 1.54) is 0 Å². The van der Waals surface area contributed by atoms with Crippen molar-refractivity contribution < 1.29 is 14.3 Å². The number of halogens is 2. The van der Waals surface area contributed by atoms with E-state index in [0.717, 1.165) is 31.2 Å². The Hall–Kier alpha value is -2.05. The maximum Gasteiger partial charge on any atom is 0.261 e. The minimum Gasteiger partial charge on any atom is -0.483 e. The first-order valence-corrected chi connectivity index (χ1v) is 11.8. The molecule has 2 aromatic carbocycles. The summed E-state index contributed by atoms with van der Waals surface area (Å²) in [5, 5.41) is 3.68. The van der Waals surface area contributed by atoms with E-state index < -0.39 is 6.04 Å². The predicted octanol–water partition coefficient (Wildman–Crippen LogP) is 5.00. The third-order valence-electron chi connectivity index (χ3n) is 5.60. The van der Waals surface area contributed by atoms with E-state index in [1.54, 1.807) is 30.0 Å². The van der Waals surface area contributed by atoms with Crippen molar-refractivity contribution in [2.24, 2.45) is 0 Å². The van der Waals surface area contributed by atoms with Crippen molar-refractivity contribution in [3.05, 3.63) is 63.6 Å². The van der Waals surface area contributed by atoms with Crippen LogP contribution in [0.25, 0.3) is 0 Å². The molecule has 0 radical (unpaired) electrons. The van der Waals surface area contributed by atoms with Crippen molar-refractivity contribution >= 4 is 39.3 Å². The first-order chi connectivity index (χ1) is 14.9. The molecule has 1 fully saturated rings. The van der Waals surface area contributed by atoms with Gasteiger partial charge in [-0.25, -0.2) is 0 Å². The highest BCUT2D eigenvalue weighted by Gasteiger charge is 2.28. The number of amides is 2. The molecule has 1 N–H and O–H groups in total. The Balaban J connectivity index is 1.66. The van der Waals surface area contributed by atoms with E-state index in [1.807, 2.05) is 30.3 Å². The van der Waals surface area contributed by atoms with Crippen LogP contribution in [0.15, 0.2) is 53.0 Å². The van der Waals surface area contributed by atoms with Crippen LogP contribution in [-0.4, -0.2) is 41.9 Å². The largest absolute Gasteiger partial charge is 0.483 e. The molecule has 3 rings (SSSR count). The molecule has 1 atom stereocenters. The average molecular weight is 508 g/mol. The van der Waals surface area contributed by atoms with Gasteiger partial charge < -0.3 is 15.0 Å². The summed E-state index contributed by atoms with van der Waals surface area (Å²) in [5.74, 6) is 0.191. The van der Waals surface area contributed by atoms with Gasteiger partial charge in [-0.1, -0.05) is 54.8 Å². The molecule has 1 saturated carbocycles. The fraction of sp³-hybridized carbons (Fsp3) is 0.417. The van der Waals surface area contributed by atoms with Gasteiger partial charge in [0.05, 0.1) is 4.47 Å². The zero-order valence-corrected chi connectivity index (χ0v) is 20.0. The number of ether oxygens (including phenoxy) is 1. The van der Waals surface area contributed by atoms with E-state index in [0.29, 0.717) is 28.2 Å². The molecule has 1 aliphatic carbocycles. The Morgan fingerprint density at radius 3 is 2.58 bits per heavy atom. The standard InChI is InChI=1S/C24H28BrClN2O3/c1-17(24(30)27-20-9-5-6-10-20)28(14-13-18-7-3-2-4-8-18)23(29)16-31-22-12-11-19(26)15-21(22)25/h2-4,7-8,11-12,15,17,20H,5-6,9-10,13-14,16H2,1H3,(H,27,30)/t17-/m1/s1. The Kier molecular flexibility index (Phi) is 8.79. The van der Waals surface area contributed by atoms with E-state index >= 15 is 0 Å². The van der Waals surface area contributed by atoms with E-state index in [-0.39, 0.29) is 24.5 Å². The fourth-order valence-corrected chi connectivity index (χ4v) is 4.57. The van der Waals surface area contributed by atoms with Gasteiger partial charge in [0, 0.05) is 17.6 Å². The topological polar surface area (TPSA) is 58.6 Å². The second-order valence-corrected chi connectivity index (χ2v) is 9.14. The highest BCUT2D eigenvalue weighted by atomic mass is 79.9. The van der Waals surface area contributed by atoms with Gasteiger partial charge in [-0.2, -0.15) is 0 Å². The Bertz CT molecular complexity index is 888. The summed E-state index contributed by atoms with van der Waals surface area (Å²) < 4.78 is 6.40. The van der Waals surface area contributed by atoms with Crippen LogP contribution >= 0.6 is 27.5 Å². The van der Waals surface area contributed by atoms with Crippen LogP contribution in [0, 0.1) is 0 Å². The van der Waals surface area contributed by atoms with Gasteiger partial charge in [0.1, 0.15) is 11.8 Å². The highest BCUT2D eigenvalue weighted by molar-refractivity contribution is 9.10. The molecule has 0 saturated heterocycles. The van der Waals surface area contributed by atoms with Crippen LogP contribution in [0.5, 0.6) is 5.75 Å². The first-order valence-electron chi connectivity index (χ1n) is 10.7. The summed E-state index contributed by atoms with van der Waals surface area (Å²) >= 11 is 9.37. The summed E-state index contributed by atoms with van der Waals surface area (Å²) in [6, 6.07) is 14.7. The Morgan fingerprint density at radius 2 is 1.90 bits per heavy atom. The molecular formula is C24H28BrClN2O3. The molecule has 1 aliphatic rings. The minimum absolute atomic E-state index is 0.110. The highest BCUT2D eigenvalue weighted by Crippen LogP contribution is 2.28. The van der Waals surface area contributed by atoms with Gasteiger partial charge in [0.2, 0.25) is 5.91 Å². The van der Waals surface area contributed by atoms with Crippen molar-refractivity contribution in [2.75, 3.05) is 13.2 Å². The second-order valence-electron chi connectivity index (χ2n) is 7.85. The summed E-state index contributed by atoms with van der Waals surface area (Å²) in [4.78, 5) is 27.5. The molecule has 0 bridgehead atoms. The molecule has 7 heteroatoms. The molecule has 5 nitrogen and oxygen atoms in total. The lowest BCUT2D eigenvalue weighted by atomic mass is 10.1. The van der Waals surface area contributed by atoms with Crippen LogP contribution in [0.2, 0.25) is 5.02 Å². The second kappa shape index (κ2) is 11.5. The van der Waals surface area contributed by atoms with Crippen molar-refractivity contribution in [3.63, 3.8) is 0 Å². The van der Waals surface area contributed by atoms with E-state index in [4.69, 9.17) is 16.3 Å². The molecule has 166 valence electrons. The zero-order chi connectivity index (χ0) is 22.2. The van der Waals surface area contributed by atoms with Crippen LogP contribution in [0.1, 0.15) is 38.2 Å². The van der Waals surface area contributed by atoms with Gasteiger partial charge in [0.15, 0.2) is 6.61 Å². The number of benzene rings is 2. The molecular weight excluding hydrogens is 480 g/mol. The number of nitrogens with zero attached hydrogens (tertiary/aromatic N) is 1. The molecule has 31 heavy (non-hydrogen) atoms. The monoisotopic (exact) mass is 506 g/mol. The molecule has 0 spiro atoms. The maximum atomic E-state index is 13.1. The third kappa shape index (κ3) is 6.97. The van der Waals surface area contributed by atoms with Gasteiger partial charge in [-0.3, -0.25) is 9.59 Å².